The SMILES string of the molecule is CCC(C)(C(=O)NCC(=O)O)C(C)(C)C. The van der Waals surface area contributed by atoms with Crippen molar-refractivity contribution in [3.05, 3.63) is 0 Å². The van der Waals surface area contributed by atoms with Crippen LogP contribution in [0, 0.1) is 10.8 Å². The first kappa shape index (κ1) is 13.9. The molecule has 1 atom stereocenters. The molecule has 0 heterocycles. The molecule has 0 aromatic heterocycles. The third-order valence-corrected chi connectivity index (χ3v) is 3.26. The minimum atomic E-state index is -1.02. The van der Waals surface area contributed by atoms with Gasteiger partial charge in [-0.15, -0.1) is 0 Å². The zero-order valence-corrected chi connectivity index (χ0v) is 10.2. The van der Waals surface area contributed by atoms with Crippen molar-refractivity contribution in [1.82, 2.24) is 5.32 Å². The number of aliphatic carboxylic acids is 1. The second-order valence-corrected chi connectivity index (χ2v) is 5.01. The maximum Gasteiger partial charge on any atom is 0.322 e. The molecular weight excluding hydrogens is 194 g/mol. The normalized spacial score (nSPS) is 15.5. The van der Waals surface area contributed by atoms with Gasteiger partial charge in [0.05, 0.1) is 5.41 Å². The van der Waals surface area contributed by atoms with Crippen molar-refractivity contribution in [3.8, 4) is 0 Å². The predicted octanol–water partition coefficient (Wildman–Crippen LogP) is 1.65. The third kappa shape index (κ3) is 3.22. The number of rotatable bonds is 4. The van der Waals surface area contributed by atoms with Gasteiger partial charge in [0.25, 0.3) is 0 Å². The summed E-state index contributed by atoms with van der Waals surface area (Å²) in [5.41, 5.74) is -0.729. The Kier molecular flexibility index (Phi) is 4.31. The Morgan fingerprint density at radius 3 is 1.93 bits per heavy atom. The standard InChI is InChI=1S/C11H21NO3/c1-6-11(5,10(2,3)4)9(15)12-7-8(13)14/h6-7H2,1-5H3,(H,12,15)(H,13,14). The predicted molar refractivity (Wildman–Crippen MR) is 58.5 cm³/mol. The lowest BCUT2D eigenvalue weighted by atomic mass is 9.65. The van der Waals surface area contributed by atoms with Gasteiger partial charge < -0.3 is 10.4 Å². The summed E-state index contributed by atoms with van der Waals surface area (Å²) >= 11 is 0. The van der Waals surface area contributed by atoms with E-state index < -0.39 is 11.4 Å². The van der Waals surface area contributed by atoms with E-state index in [1.54, 1.807) is 0 Å². The van der Waals surface area contributed by atoms with Crippen LogP contribution < -0.4 is 5.32 Å². The van der Waals surface area contributed by atoms with Crippen LogP contribution in [0.4, 0.5) is 0 Å². The summed E-state index contributed by atoms with van der Waals surface area (Å²) in [6, 6.07) is 0. The maximum atomic E-state index is 11.9. The summed E-state index contributed by atoms with van der Waals surface area (Å²) in [6.45, 7) is 9.44. The molecule has 88 valence electrons. The summed E-state index contributed by atoms with van der Waals surface area (Å²) in [5.74, 6) is -1.21. The van der Waals surface area contributed by atoms with E-state index in [9.17, 15) is 9.59 Å². The zero-order valence-electron chi connectivity index (χ0n) is 10.2. The van der Waals surface area contributed by atoms with Gasteiger partial charge in [-0.2, -0.15) is 0 Å². The van der Waals surface area contributed by atoms with Crippen LogP contribution in [0.3, 0.4) is 0 Å². The van der Waals surface area contributed by atoms with Crippen molar-refractivity contribution in [2.75, 3.05) is 6.54 Å². The van der Waals surface area contributed by atoms with Gasteiger partial charge in [0, 0.05) is 0 Å². The Morgan fingerprint density at radius 2 is 1.67 bits per heavy atom. The third-order valence-electron chi connectivity index (χ3n) is 3.26. The fraction of sp³-hybridized carbons (Fsp3) is 0.818. The van der Waals surface area contributed by atoms with E-state index in [0.29, 0.717) is 6.42 Å². The fourth-order valence-corrected chi connectivity index (χ4v) is 1.38. The van der Waals surface area contributed by atoms with Crippen molar-refractivity contribution in [2.24, 2.45) is 10.8 Å². The molecule has 0 aliphatic heterocycles. The molecule has 15 heavy (non-hydrogen) atoms. The minimum absolute atomic E-state index is 0.190. The number of nitrogens with one attached hydrogen (secondary N) is 1. The Morgan fingerprint density at radius 1 is 1.20 bits per heavy atom. The van der Waals surface area contributed by atoms with E-state index in [1.807, 2.05) is 34.6 Å². The van der Waals surface area contributed by atoms with Crippen LogP contribution in [-0.2, 0) is 9.59 Å². The van der Waals surface area contributed by atoms with Crippen LogP contribution >= 0.6 is 0 Å². The number of carbonyl (C=O) groups excluding carboxylic acids is 1. The monoisotopic (exact) mass is 215 g/mol. The van der Waals surface area contributed by atoms with Crippen molar-refractivity contribution in [2.45, 2.75) is 41.0 Å². The summed E-state index contributed by atoms with van der Waals surface area (Å²) in [7, 11) is 0. The molecule has 0 spiro atoms. The smallest absolute Gasteiger partial charge is 0.322 e. The average Bonchev–Trinajstić information content (AvgIpc) is 2.10. The molecule has 0 bridgehead atoms. The number of carboxylic acid groups (broad SMARTS) is 1. The average molecular weight is 215 g/mol. The van der Waals surface area contributed by atoms with Crippen LogP contribution in [0.15, 0.2) is 0 Å². The lowest BCUT2D eigenvalue weighted by Gasteiger charge is -2.39. The van der Waals surface area contributed by atoms with Crippen LogP contribution in [0.1, 0.15) is 41.0 Å². The van der Waals surface area contributed by atoms with Gasteiger partial charge in [0.15, 0.2) is 0 Å². The van der Waals surface area contributed by atoms with Gasteiger partial charge in [-0.05, 0) is 11.8 Å². The van der Waals surface area contributed by atoms with Crippen LogP contribution in [0.5, 0.6) is 0 Å². The van der Waals surface area contributed by atoms with Gasteiger partial charge in [-0.3, -0.25) is 9.59 Å². The number of amides is 1. The van der Waals surface area contributed by atoms with Crippen molar-refractivity contribution in [1.29, 1.82) is 0 Å². The van der Waals surface area contributed by atoms with Gasteiger partial charge in [0.2, 0.25) is 5.91 Å². The van der Waals surface area contributed by atoms with Crippen LogP contribution in [0.25, 0.3) is 0 Å². The van der Waals surface area contributed by atoms with Gasteiger partial charge in [0.1, 0.15) is 6.54 Å². The zero-order chi connectivity index (χ0) is 12.3. The lowest BCUT2D eigenvalue weighted by molar-refractivity contribution is -0.142. The second kappa shape index (κ2) is 4.64. The van der Waals surface area contributed by atoms with E-state index in [0.717, 1.165) is 0 Å². The molecule has 0 aliphatic carbocycles. The van der Waals surface area contributed by atoms with E-state index >= 15 is 0 Å². The summed E-state index contributed by atoms with van der Waals surface area (Å²) < 4.78 is 0. The Hall–Kier alpha value is -1.06. The fourth-order valence-electron chi connectivity index (χ4n) is 1.38. The molecule has 1 amide bonds. The van der Waals surface area contributed by atoms with Gasteiger partial charge in [-0.1, -0.05) is 34.6 Å². The lowest BCUT2D eigenvalue weighted by Crippen LogP contribution is -2.48. The molecular formula is C11H21NO3. The molecule has 0 aromatic carbocycles. The molecule has 2 N–H and O–H groups in total. The number of carbonyl (C=O) groups is 2. The molecule has 0 aliphatic rings. The Bertz CT molecular complexity index is 255. The molecule has 0 radical (unpaired) electrons. The van der Waals surface area contributed by atoms with Gasteiger partial charge >= 0.3 is 5.97 Å². The van der Waals surface area contributed by atoms with Crippen molar-refractivity contribution in [3.63, 3.8) is 0 Å². The van der Waals surface area contributed by atoms with E-state index in [4.69, 9.17) is 5.11 Å². The number of hydrogen-bond donors (Lipinski definition) is 2. The summed E-state index contributed by atoms with van der Waals surface area (Å²) in [5, 5.41) is 10.9. The molecule has 0 saturated carbocycles. The first-order chi connectivity index (χ1) is 6.65. The quantitative estimate of drug-likeness (QED) is 0.749. The van der Waals surface area contributed by atoms with Crippen molar-refractivity contribution < 1.29 is 14.7 Å². The summed E-state index contributed by atoms with van der Waals surface area (Å²) in [6.07, 6.45) is 0.682. The first-order valence-corrected chi connectivity index (χ1v) is 5.15. The van der Waals surface area contributed by atoms with E-state index in [2.05, 4.69) is 5.32 Å². The number of carboxylic acids is 1. The minimum Gasteiger partial charge on any atom is -0.480 e. The Balaban J connectivity index is 4.67. The maximum absolute atomic E-state index is 11.9. The molecule has 0 aromatic rings. The van der Waals surface area contributed by atoms with Crippen LogP contribution in [-0.4, -0.2) is 23.5 Å². The summed E-state index contributed by atoms with van der Waals surface area (Å²) in [4.78, 5) is 22.2. The first-order valence-electron chi connectivity index (χ1n) is 5.15. The highest BCUT2D eigenvalue weighted by molar-refractivity contribution is 5.86. The highest BCUT2D eigenvalue weighted by Crippen LogP contribution is 2.41. The molecule has 4 heteroatoms. The molecule has 0 saturated heterocycles. The highest BCUT2D eigenvalue weighted by Gasteiger charge is 2.42. The topological polar surface area (TPSA) is 66.4 Å². The Labute approximate surface area is 91.1 Å². The second-order valence-electron chi connectivity index (χ2n) is 5.01. The molecule has 0 fully saturated rings. The van der Waals surface area contributed by atoms with E-state index in [-0.39, 0.29) is 17.9 Å². The van der Waals surface area contributed by atoms with Crippen molar-refractivity contribution >= 4 is 11.9 Å². The van der Waals surface area contributed by atoms with Crippen LogP contribution in [0.2, 0.25) is 0 Å². The van der Waals surface area contributed by atoms with Gasteiger partial charge in [-0.25, -0.2) is 0 Å². The highest BCUT2D eigenvalue weighted by atomic mass is 16.4. The molecule has 4 nitrogen and oxygen atoms in total. The molecule has 0 rings (SSSR count). The molecule has 1 unspecified atom stereocenters. The van der Waals surface area contributed by atoms with E-state index in [1.165, 1.54) is 0 Å². The number of hydrogen-bond acceptors (Lipinski definition) is 2. The largest absolute Gasteiger partial charge is 0.480 e.